The van der Waals surface area contributed by atoms with Crippen LogP contribution in [-0.4, -0.2) is 47.6 Å². The van der Waals surface area contributed by atoms with Gasteiger partial charge in [-0.2, -0.15) is 0 Å². The van der Waals surface area contributed by atoms with Gasteiger partial charge in [-0.15, -0.1) is 0 Å². The number of rotatable bonds is 1. The predicted octanol–water partition coefficient (Wildman–Crippen LogP) is 2.03. The summed E-state index contributed by atoms with van der Waals surface area (Å²) in [6.45, 7) is 5.17. The molecule has 1 atom stereocenters. The molecule has 0 spiro atoms. The Morgan fingerprint density at radius 3 is 2.88 bits per heavy atom. The summed E-state index contributed by atoms with van der Waals surface area (Å²) >= 11 is 9.40. The Labute approximate surface area is 109 Å². The summed E-state index contributed by atoms with van der Waals surface area (Å²) < 4.78 is 0.786. The topological polar surface area (TPSA) is 32.3 Å². The summed E-state index contributed by atoms with van der Waals surface area (Å²) in [6, 6.07) is 0.523. The molecule has 1 saturated heterocycles. The maximum absolute atomic E-state index is 5.96. The minimum atomic E-state index is 0.469. The summed E-state index contributed by atoms with van der Waals surface area (Å²) in [7, 11) is 2.14. The number of aromatic nitrogens is 2. The molecule has 0 bridgehead atoms. The van der Waals surface area contributed by atoms with Crippen molar-refractivity contribution in [1.29, 1.82) is 0 Å². The first kappa shape index (κ1) is 12.1. The molecule has 2 rings (SSSR count). The molecular formula is C10H14BrClN4. The Bertz CT molecular complexity index is 387. The van der Waals surface area contributed by atoms with E-state index in [1.165, 1.54) is 6.33 Å². The van der Waals surface area contributed by atoms with Crippen LogP contribution in [0.4, 0.5) is 5.82 Å². The summed E-state index contributed by atoms with van der Waals surface area (Å²) in [5.74, 6) is 0.889. The van der Waals surface area contributed by atoms with E-state index in [1.807, 2.05) is 0 Å². The highest BCUT2D eigenvalue weighted by Crippen LogP contribution is 2.30. The molecular weight excluding hydrogens is 291 g/mol. The van der Waals surface area contributed by atoms with Crippen LogP contribution >= 0.6 is 27.5 Å². The molecule has 1 fully saturated rings. The van der Waals surface area contributed by atoms with E-state index in [2.05, 4.69) is 49.7 Å². The Hall–Kier alpha value is -0.390. The zero-order valence-corrected chi connectivity index (χ0v) is 11.7. The van der Waals surface area contributed by atoms with Gasteiger partial charge in [0.25, 0.3) is 0 Å². The summed E-state index contributed by atoms with van der Waals surface area (Å²) in [5.41, 5.74) is 0. The van der Waals surface area contributed by atoms with Crippen molar-refractivity contribution in [3.05, 3.63) is 16.0 Å². The fourth-order valence-corrected chi connectivity index (χ4v) is 2.38. The molecule has 88 valence electrons. The molecule has 16 heavy (non-hydrogen) atoms. The second-order valence-electron chi connectivity index (χ2n) is 4.08. The van der Waals surface area contributed by atoms with Crippen molar-refractivity contribution in [3.63, 3.8) is 0 Å². The van der Waals surface area contributed by atoms with Crippen LogP contribution in [0.15, 0.2) is 10.8 Å². The van der Waals surface area contributed by atoms with E-state index in [0.717, 1.165) is 29.9 Å². The molecule has 0 N–H and O–H groups in total. The molecule has 1 unspecified atom stereocenters. The number of likely N-dealkylation sites (N-methyl/N-ethyl adjacent to an activating group) is 1. The first-order chi connectivity index (χ1) is 7.59. The molecule has 1 aliphatic rings. The number of hydrogen-bond donors (Lipinski definition) is 0. The van der Waals surface area contributed by atoms with Crippen molar-refractivity contribution in [1.82, 2.24) is 14.9 Å². The third-order valence-corrected chi connectivity index (χ3v) is 4.23. The molecule has 1 aliphatic heterocycles. The van der Waals surface area contributed by atoms with E-state index >= 15 is 0 Å². The van der Waals surface area contributed by atoms with E-state index in [1.54, 1.807) is 0 Å². The average molecular weight is 306 g/mol. The second-order valence-corrected chi connectivity index (χ2v) is 5.23. The Kier molecular flexibility index (Phi) is 3.66. The smallest absolute Gasteiger partial charge is 0.148 e. The van der Waals surface area contributed by atoms with Crippen LogP contribution < -0.4 is 4.90 Å². The highest BCUT2D eigenvalue weighted by atomic mass is 79.9. The van der Waals surface area contributed by atoms with Crippen molar-refractivity contribution < 1.29 is 0 Å². The summed E-state index contributed by atoms with van der Waals surface area (Å²) in [4.78, 5) is 12.8. The molecule has 1 aromatic heterocycles. The largest absolute Gasteiger partial charge is 0.353 e. The Morgan fingerprint density at radius 2 is 2.19 bits per heavy atom. The van der Waals surface area contributed by atoms with Crippen LogP contribution in [0.5, 0.6) is 0 Å². The molecule has 1 aromatic rings. The maximum atomic E-state index is 5.96. The van der Waals surface area contributed by atoms with Crippen LogP contribution in [0.2, 0.25) is 5.15 Å². The van der Waals surface area contributed by atoms with Gasteiger partial charge in [-0.25, -0.2) is 9.97 Å². The van der Waals surface area contributed by atoms with Gasteiger partial charge in [0.05, 0.1) is 4.47 Å². The maximum Gasteiger partial charge on any atom is 0.148 e. The zero-order valence-electron chi connectivity index (χ0n) is 9.32. The number of nitrogens with zero attached hydrogens (tertiary/aromatic N) is 4. The standard InChI is InChI=1S/C10H14BrClN4/c1-7-5-16(4-3-15(7)2)10-8(11)9(12)13-6-14-10/h6-7H,3-5H2,1-2H3. The average Bonchev–Trinajstić information content (AvgIpc) is 2.26. The van der Waals surface area contributed by atoms with Crippen molar-refractivity contribution in [3.8, 4) is 0 Å². The highest BCUT2D eigenvalue weighted by molar-refractivity contribution is 9.10. The lowest BCUT2D eigenvalue weighted by Crippen LogP contribution is -2.50. The van der Waals surface area contributed by atoms with Crippen LogP contribution in [0.3, 0.4) is 0 Å². The van der Waals surface area contributed by atoms with Gasteiger partial charge in [-0.1, -0.05) is 11.6 Å². The minimum Gasteiger partial charge on any atom is -0.353 e. The number of piperazine rings is 1. The molecule has 0 aromatic carbocycles. The lowest BCUT2D eigenvalue weighted by atomic mass is 10.2. The van der Waals surface area contributed by atoms with Crippen molar-refractivity contribution in [2.45, 2.75) is 13.0 Å². The number of halogens is 2. The monoisotopic (exact) mass is 304 g/mol. The van der Waals surface area contributed by atoms with Gasteiger partial charge < -0.3 is 9.80 Å². The van der Waals surface area contributed by atoms with Gasteiger partial charge in [-0.3, -0.25) is 0 Å². The molecule has 0 saturated carbocycles. The molecule has 2 heterocycles. The summed E-state index contributed by atoms with van der Waals surface area (Å²) in [6.07, 6.45) is 1.51. The van der Waals surface area contributed by atoms with Gasteiger partial charge in [0, 0.05) is 25.7 Å². The fraction of sp³-hybridized carbons (Fsp3) is 0.600. The Morgan fingerprint density at radius 1 is 1.44 bits per heavy atom. The van der Waals surface area contributed by atoms with Crippen molar-refractivity contribution >= 4 is 33.3 Å². The number of anilines is 1. The highest BCUT2D eigenvalue weighted by Gasteiger charge is 2.23. The first-order valence-corrected chi connectivity index (χ1v) is 6.38. The van der Waals surface area contributed by atoms with Crippen LogP contribution in [-0.2, 0) is 0 Å². The van der Waals surface area contributed by atoms with E-state index < -0.39 is 0 Å². The van der Waals surface area contributed by atoms with E-state index in [4.69, 9.17) is 11.6 Å². The van der Waals surface area contributed by atoms with E-state index in [0.29, 0.717) is 11.2 Å². The SMILES string of the molecule is CC1CN(c2ncnc(Cl)c2Br)CCN1C. The van der Waals surface area contributed by atoms with Crippen molar-refractivity contribution in [2.24, 2.45) is 0 Å². The third-order valence-electron chi connectivity index (χ3n) is 2.99. The first-order valence-electron chi connectivity index (χ1n) is 5.20. The van der Waals surface area contributed by atoms with E-state index in [9.17, 15) is 0 Å². The molecule has 6 heteroatoms. The minimum absolute atomic E-state index is 0.469. The van der Waals surface area contributed by atoms with Gasteiger partial charge in [0.15, 0.2) is 0 Å². The summed E-state index contributed by atoms with van der Waals surface area (Å²) in [5, 5.41) is 0.469. The predicted molar refractivity (Wildman–Crippen MR) is 69.0 cm³/mol. The van der Waals surface area contributed by atoms with Gasteiger partial charge in [-0.05, 0) is 29.9 Å². The van der Waals surface area contributed by atoms with Crippen molar-refractivity contribution in [2.75, 3.05) is 31.6 Å². The van der Waals surface area contributed by atoms with Gasteiger partial charge in [0.1, 0.15) is 17.3 Å². The van der Waals surface area contributed by atoms with Gasteiger partial charge >= 0.3 is 0 Å². The molecule has 4 nitrogen and oxygen atoms in total. The zero-order chi connectivity index (χ0) is 11.7. The van der Waals surface area contributed by atoms with Crippen LogP contribution in [0.25, 0.3) is 0 Å². The lowest BCUT2D eigenvalue weighted by Gasteiger charge is -2.38. The quantitative estimate of drug-likeness (QED) is 0.743. The van der Waals surface area contributed by atoms with Crippen LogP contribution in [0, 0.1) is 0 Å². The van der Waals surface area contributed by atoms with Gasteiger partial charge in [0.2, 0.25) is 0 Å². The van der Waals surface area contributed by atoms with Crippen LogP contribution in [0.1, 0.15) is 6.92 Å². The molecule has 0 radical (unpaired) electrons. The fourth-order valence-electron chi connectivity index (χ4n) is 1.80. The third kappa shape index (κ3) is 2.31. The second kappa shape index (κ2) is 4.85. The normalized spacial score (nSPS) is 22.5. The van der Waals surface area contributed by atoms with E-state index in [-0.39, 0.29) is 0 Å². The molecule has 0 amide bonds. The Balaban J connectivity index is 2.22. The molecule has 0 aliphatic carbocycles. The lowest BCUT2D eigenvalue weighted by molar-refractivity contribution is 0.233. The number of hydrogen-bond acceptors (Lipinski definition) is 4.